The average Bonchev–Trinajstić information content (AvgIpc) is 3.05. The zero-order chi connectivity index (χ0) is 17.8. The van der Waals surface area contributed by atoms with E-state index < -0.39 is 0 Å². The average molecular weight is 345 g/mol. The minimum absolute atomic E-state index is 0.0335. The molecule has 2 fully saturated rings. The first kappa shape index (κ1) is 17.7. The second kappa shape index (κ2) is 7.87. The first-order valence-corrected chi connectivity index (χ1v) is 9.16. The molecule has 0 radical (unpaired) electrons. The van der Waals surface area contributed by atoms with Gasteiger partial charge in [-0.05, 0) is 26.0 Å². The summed E-state index contributed by atoms with van der Waals surface area (Å²) in [6.45, 7) is 8.83. The van der Waals surface area contributed by atoms with Crippen molar-refractivity contribution in [1.82, 2.24) is 4.90 Å². The maximum absolute atomic E-state index is 12.6. The van der Waals surface area contributed by atoms with Crippen molar-refractivity contribution < 1.29 is 14.3 Å². The van der Waals surface area contributed by atoms with Crippen molar-refractivity contribution in [3.05, 3.63) is 24.3 Å². The van der Waals surface area contributed by atoms with Crippen molar-refractivity contribution in [3.63, 3.8) is 0 Å². The van der Waals surface area contributed by atoms with Gasteiger partial charge in [-0.3, -0.25) is 9.59 Å². The Hall–Kier alpha value is -2.08. The van der Waals surface area contributed by atoms with Crippen LogP contribution in [0.2, 0.25) is 0 Å². The Morgan fingerprint density at radius 2 is 1.80 bits per heavy atom. The van der Waals surface area contributed by atoms with Gasteiger partial charge < -0.3 is 19.4 Å². The third-order valence-corrected chi connectivity index (χ3v) is 5.07. The second-order valence-electron chi connectivity index (χ2n) is 6.50. The number of carbonyl (C=O) groups is 2. The molecule has 2 aliphatic heterocycles. The molecule has 136 valence electrons. The summed E-state index contributed by atoms with van der Waals surface area (Å²) in [4.78, 5) is 31.1. The monoisotopic (exact) mass is 345 g/mol. The molecule has 2 heterocycles. The smallest absolute Gasteiger partial charge is 0.227 e. The number of ether oxygens (including phenoxy) is 1. The molecule has 6 heteroatoms. The van der Waals surface area contributed by atoms with Gasteiger partial charge in [0.25, 0.3) is 0 Å². The molecule has 2 saturated heterocycles. The van der Waals surface area contributed by atoms with E-state index in [0.29, 0.717) is 39.3 Å². The summed E-state index contributed by atoms with van der Waals surface area (Å²) in [6, 6.07) is 7.97. The SMILES string of the molecule is CCN(CC)C(=O)C1CC(=O)N(c2ccccc2N2CCOCC2)C1. The van der Waals surface area contributed by atoms with E-state index in [4.69, 9.17) is 4.74 Å². The van der Waals surface area contributed by atoms with Gasteiger partial charge in [0.05, 0.1) is 30.5 Å². The third-order valence-electron chi connectivity index (χ3n) is 5.07. The highest BCUT2D eigenvalue weighted by Crippen LogP contribution is 2.34. The fourth-order valence-electron chi connectivity index (χ4n) is 3.66. The van der Waals surface area contributed by atoms with Crippen molar-refractivity contribution in [2.75, 3.05) is 55.7 Å². The number of morpholine rings is 1. The number of anilines is 2. The van der Waals surface area contributed by atoms with E-state index in [0.717, 1.165) is 24.5 Å². The van der Waals surface area contributed by atoms with Crippen molar-refractivity contribution in [2.24, 2.45) is 5.92 Å². The molecule has 3 rings (SSSR count). The number of hydrogen-bond donors (Lipinski definition) is 0. The predicted octanol–water partition coefficient (Wildman–Crippen LogP) is 1.74. The third kappa shape index (κ3) is 3.63. The van der Waals surface area contributed by atoms with Crippen LogP contribution in [0.5, 0.6) is 0 Å². The summed E-state index contributed by atoms with van der Waals surface area (Å²) < 4.78 is 5.43. The molecular weight excluding hydrogens is 318 g/mol. The van der Waals surface area contributed by atoms with Gasteiger partial charge in [-0.15, -0.1) is 0 Å². The zero-order valence-corrected chi connectivity index (χ0v) is 15.1. The van der Waals surface area contributed by atoms with Crippen LogP contribution in [0.15, 0.2) is 24.3 Å². The highest BCUT2D eigenvalue weighted by atomic mass is 16.5. The van der Waals surface area contributed by atoms with Crippen LogP contribution in [0.4, 0.5) is 11.4 Å². The van der Waals surface area contributed by atoms with Crippen LogP contribution in [0.3, 0.4) is 0 Å². The van der Waals surface area contributed by atoms with E-state index in [1.165, 1.54) is 0 Å². The van der Waals surface area contributed by atoms with Gasteiger partial charge in [-0.2, -0.15) is 0 Å². The molecule has 0 aliphatic carbocycles. The van der Waals surface area contributed by atoms with Gasteiger partial charge in [-0.25, -0.2) is 0 Å². The molecule has 2 amide bonds. The summed E-state index contributed by atoms with van der Waals surface area (Å²) in [6.07, 6.45) is 0.298. The Balaban J connectivity index is 1.80. The molecule has 0 saturated carbocycles. The van der Waals surface area contributed by atoms with Crippen LogP contribution in [-0.2, 0) is 14.3 Å². The summed E-state index contributed by atoms with van der Waals surface area (Å²) in [5, 5.41) is 0. The lowest BCUT2D eigenvalue weighted by molar-refractivity contribution is -0.135. The highest BCUT2D eigenvalue weighted by molar-refractivity contribution is 6.02. The topological polar surface area (TPSA) is 53.1 Å². The number of nitrogens with zero attached hydrogens (tertiary/aromatic N) is 3. The first-order valence-electron chi connectivity index (χ1n) is 9.16. The quantitative estimate of drug-likeness (QED) is 0.816. The molecule has 0 N–H and O–H groups in total. The molecule has 1 aromatic rings. The summed E-state index contributed by atoms with van der Waals surface area (Å²) in [5.41, 5.74) is 1.96. The Bertz CT molecular complexity index is 624. The Labute approximate surface area is 149 Å². The van der Waals surface area contributed by atoms with Gasteiger partial charge in [-0.1, -0.05) is 12.1 Å². The first-order chi connectivity index (χ1) is 12.2. The van der Waals surface area contributed by atoms with Gasteiger partial charge in [0.1, 0.15) is 0 Å². The Morgan fingerprint density at radius 1 is 1.16 bits per heavy atom. The molecule has 1 unspecified atom stereocenters. The van der Waals surface area contributed by atoms with Crippen molar-refractivity contribution >= 4 is 23.2 Å². The molecule has 0 aromatic heterocycles. The standard InChI is InChI=1S/C19H27N3O3/c1-3-20(4-2)19(24)15-13-18(23)22(14-15)17-8-6-5-7-16(17)21-9-11-25-12-10-21/h5-8,15H,3-4,9-14H2,1-2H3. The summed E-state index contributed by atoms with van der Waals surface area (Å²) in [7, 11) is 0. The largest absolute Gasteiger partial charge is 0.378 e. The molecule has 1 atom stereocenters. The van der Waals surface area contributed by atoms with Crippen LogP contribution in [0, 0.1) is 5.92 Å². The van der Waals surface area contributed by atoms with Crippen LogP contribution in [0.1, 0.15) is 20.3 Å². The molecule has 0 spiro atoms. The number of hydrogen-bond acceptors (Lipinski definition) is 4. The second-order valence-corrected chi connectivity index (χ2v) is 6.50. The Kier molecular flexibility index (Phi) is 5.58. The lowest BCUT2D eigenvalue weighted by Gasteiger charge is -2.32. The fraction of sp³-hybridized carbons (Fsp3) is 0.579. The number of rotatable bonds is 5. The normalized spacial score (nSPS) is 20.9. The number of benzene rings is 1. The number of amides is 2. The van der Waals surface area contributed by atoms with Crippen LogP contribution in [0.25, 0.3) is 0 Å². The van der Waals surface area contributed by atoms with Crippen LogP contribution < -0.4 is 9.80 Å². The molecule has 1 aromatic carbocycles. The molecule has 0 bridgehead atoms. The van der Waals surface area contributed by atoms with Crippen molar-refractivity contribution in [1.29, 1.82) is 0 Å². The minimum atomic E-state index is -0.245. The fourth-order valence-corrected chi connectivity index (χ4v) is 3.66. The van der Waals surface area contributed by atoms with E-state index in [9.17, 15) is 9.59 Å². The van der Waals surface area contributed by atoms with Gasteiger partial charge in [0.2, 0.25) is 11.8 Å². The lowest BCUT2D eigenvalue weighted by Crippen LogP contribution is -2.38. The van der Waals surface area contributed by atoms with Gasteiger partial charge in [0, 0.05) is 39.1 Å². The maximum atomic E-state index is 12.6. The maximum Gasteiger partial charge on any atom is 0.227 e. The van der Waals surface area contributed by atoms with Crippen LogP contribution in [-0.4, -0.2) is 62.7 Å². The zero-order valence-electron chi connectivity index (χ0n) is 15.1. The van der Waals surface area contributed by atoms with Crippen LogP contribution >= 0.6 is 0 Å². The summed E-state index contributed by atoms with van der Waals surface area (Å²) >= 11 is 0. The molecular formula is C19H27N3O3. The predicted molar refractivity (Wildman–Crippen MR) is 97.9 cm³/mol. The van der Waals surface area contributed by atoms with Gasteiger partial charge in [0.15, 0.2) is 0 Å². The molecule has 6 nitrogen and oxygen atoms in total. The number of para-hydroxylation sites is 2. The Morgan fingerprint density at radius 3 is 2.44 bits per heavy atom. The van der Waals surface area contributed by atoms with E-state index in [2.05, 4.69) is 4.90 Å². The summed E-state index contributed by atoms with van der Waals surface area (Å²) in [5.74, 6) is -0.124. The highest BCUT2D eigenvalue weighted by Gasteiger charge is 2.37. The molecule has 25 heavy (non-hydrogen) atoms. The lowest BCUT2D eigenvalue weighted by atomic mass is 10.1. The van der Waals surface area contributed by atoms with Crippen molar-refractivity contribution in [2.45, 2.75) is 20.3 Å². The minimum Gasteiger partial charge on any atom is -0.378 e. The molecule has 2 aliphatic rings. The van der Waals surface area contributed by atoms with E-state index in [-0.39, 0.29) is 17.7 Å². The number of carbonyl (C=O) groups excluding carboxylic acids is 2. The van der Waals surface area contributed by atoms with E-state index in [1.54, 1.807) is 4.90 Å². The van der Waals surface area contributed by atoms with Crippen molar-refractivity contribution in [3.8, 4) is 0 Å². The van der Waals surface area contributed by atoms with E-state index in [1.807, 2.05) is 43.0 Å². The van der Waals surface area contributed by atoms with Gasteiger partial charge >= 0.3 is 0 Å². The van der Waals surface area contributed by atoms with E-state index >= 15 is 0 Å².